The summed E-state index contributed by atoms with van der Waals surface area (Å²) in [5.74, 6) is -1.81. The zero-order chi connectivity index (χ0) is 12.4. The number of hydrogen-bond acceptors (Lipinski definition) is 4. The fraction of sp³-hybridized carbons (Fsp3) is 0.417. The molecule has 0 radical (unpaired) electrons. The molecular weight excluding hydrogens is 220 g/mol. The molecule has 90 valence electrons. The lowest BCUT2D eigenvalue weighted by Crippen LogP contribution is -2.40. The predicted molar refractivity (Wildman–Crippen MR) is 60.2 cm³/mol. The van der Waals surface area contributed by atoms with Crippen molar-refractivity contribution in [2.24, 2.45) is 0 Å². The van der Waals surface area contributed by atoms with Crippen molar-refractivity contribution in [1.29, 1.82) is 0 Å². The molecule has 1 aromatic rings. The molecule has 5 nitrogen and oxygen atoms in total. The summed E-state index contributed by atoms with van der Waals surface area (Å²) in [6.45, 7) is 4.21. The number of carbonyl (C=O) groups is 2. The SMILES string of the molecule is CCOC(=O)[C@H]1C(=O)NCc2ccc(C)nc21. The van der Waals surface area contributed by atoms with Gasteiger partial charge in [-0.05, 0) is 25.5 Å². The van der Waals surface area contributed by atoms with Crippen molar-refractivity contribution >= 4 is 11.9 Å². The maximum absolute atomic E-state index is 11.8. The van der Waals surface area contributed by atoms with Gasteiger partial charge < -0.3 is 10.1 Å². The zero-order valence-electron chi connectivity index (χ0n) is 9.82. The monoisotopic (exact) mass is 234 g/mol. The van der Waals surface area contributed by atoms with Crippen molar-refractivity contribution in [3.8, 4) is 0 Å². The smallest absolute Gasteiger partial charge is 0.324 e. The number of hydrogen-bond donors (Lipinski definition) is 1. The molecule has 1 aliphatic rings. The highest BCUT2D eigenvalue weighted by Gasteiger charge is 2.36. The van der Waals surface area contributed by atoms with Crippen LogP contribution in [0.4, 0.5) is 0 Å². The second-order valence-corrected chi connectivity index (χ2v) is 3.90. The number of esters is 1. The van der Waals surface area contributed by atoms with Gasteiger partial charge in [0.15, 0.2) is 5.92 Å². The van der Waals surface area contributed by atoms with Gasteiger partial charge in [-0.2, -0.15) is 0 Å². The van der Waals surface area contributed by atoms with E-state index in [1.54, 1.807) is 6.92 Å². The Morgan fingerprint density at radius 1 is 1.59 bits per heavy atom. The van der Waals surface area contributed by atoms with Crippen LogP contribution in [0.15, 0.2) is 12.1 Å². The van der Waals surface area contributed by atoms with Crippen molar-refractivity contribution in [1.82, 2.24) is 10.3 Å². The molecule has 2 heterocycles. The first-order chi connectivity index (χ1) is 8.13. The van der Waals surface area contributed by atoms with Crippen LogP contribution in [-0.2, 0) is 20.9 Å². The molecule has 0 fully saturated rings. The number of aryl methyl sites for hydroxylation is 1. The normalized spacial score (nSPS) is 18.2. The average molecular weight is 234 g/mol. The summed E-state index contributed by atoms with van der Waals surface area (Å²) < 4.78 is 4.91. The Bertz CT molecular complexity index is 471. The second kappa shape index (κ2) is 4.53. The Labute approximate surface area is 99.2 Å². The van der Waals surface area contributed by atoms with E-state index < -0.39 is 11.9 Å². The molecule has 2 rings (SSSR count). The van der Waals surface area contributed by atoms with E-state index in [-0.39, 0.29) is 12.5 Å². The van der Waals surface area contributed by atoms with Crippen molar-refractivity contribution in [2.45, 2.75) is 26.3 Å². The molecule has 17 heavy (non-hydrogen) atoms. The first kappa shape index (κ1) is 11.6. The van der Waals surface area contributed by atoms with E-state index in [1.807, 2.05) is 19.1 Å². The minimum atomic E-state index is -0.932. The number of ether oxygens (including phenoxy) is 1. The van der Waals surface area contributed by atoms with Gasteiger partial charge in [0.05, 0.1) is 12.3 Å². The number of rotatable bonds is 2. The third-order valence-electron chi connectivity index (χ3n) is 2.66. The van der Waals surface area contributed by atoms with Crippen LogP contribution in [0.1, 0.15) is 29.8 Å². The summed E-state index contributed by atoms with van der Waals surface area (Å²) in [4.78, 5) is 27.8. The number of carbonyl (C=O) groups excluding carboxylic acids is 2. The van der Waals surface area contributed by atoms with Crippen LogP contribution >= 0.6 is 0 Å². The molecule has 0 unspecified atom stereocenters. The number of pyridine rings is 1. The maximum atomic E-state index is 11.8. The Morgan fingerprint density at radius 3 is 3.06 bits per heavy atom. The Balaban J connectivity index is 2.42. The zero-order valence-corrected chi connectivity index (χ0v) is 9.82. The average Bonchev–Trinajstić information content (AvgIpc) is 2.28. The van der Waals surface area contributed by atoms with Gasteiger partial charge in [0.1, 0.15) is 0 Å². The fourth-order valence-electron chi connectivity index (χ4n) is 1.86. The number of fused-ring (bicyclic) bond motifs is 1. The molecule has 1 amide bonds. The van der Waals surface area contributed by atoms with E-state index in [2.05, 4.69) is 10.3 Å². The molecule has 0 saturated heterocycles. The molecule has 0 spiro atoms. The van der Waals surface area contributed by atoms with Crippen LogP contribution in [-0.4, -0.2) is 23.5 Å². The largest absolute Gasteiger partial charge is 0.465 e. The van der Waals surface area contributed by atoms with E-state index in [4.69, 9.17) is 4.74 Å². The van der Waals surface area contributed by atoms with Gasteiger partial charge in [-0.15, -0.1) is 0 Å². The highest BCUT2D eigenvalue weighted by molar-refractivity contribution is 6.04. The summed E-state index contributed by atoms with van der Waals surface area (Å²) >= 11 is 0. The van der Waals surface area contributed by atoms with Gasteiger partial charge in [0.2, 0.25) is 5.91 Å². The Kier molecular flexibility index (Phi) is 3.08. The van der Waals surface area contributed by atoms with Crippen molar-refractivity contribution < 1.29 is 14.3 Å². The van der Waals surface area contributed by atoms with Gasteiger partial charge in [-0.25, -0.2) is 0 Å². The number of nitrogens with zero attached hydrogens (tertiary/aromatic N) is 1. The van der Waals surface area contributed by atoms with Crippen LogP contribution in [0.2, 0.25) is 0 Å². The maximum Gasteiger partial charge on any atom is 0.324 e. The summed E-state index contributed by atoms with van der Waals surface area (Å²) in [6.07, 6.45) is 0. The predicted octanol–water partition coefficient (Wildman–Crippen LogP) is 0.667. The van der Waals surface area contributed by atoms with Crippen LogP contribution in [0.25, 0.3) is 0 Å². The highest BCUT2D eigenvalue weighted by Crippen LogP contribution is 2.24. The van der Waals surface area contributed by atoms with Gasteiger partial charge >= 0.3 is 5.97 Å². The number of amides is 1. The van der Waals surface area contributed by atoms with E-state index >= 15 is 0 Å². The molecule has 1 atom stereocenters. The third-order valence-corrected chi connectivity index (χ3v) is 2.66. The lowest BCUT2D eigenvalue weighted by molar-refractivity contribution is -0.148. The first-order valence-corrected chi connectivity index (χ1v) is 5.54. The van der Waals surface area contributed by atoms with Gasteiger partial charge in [-0.1, -0.05) is 6.07 Å². The molecule has 1 aromatic heterocycles. The second-order valence-electron chi connectivity index (χ2n) is 3.90. The van der Waals surface area contributed by atoms with Crippen molar-refractivity contribution in [2.75, 3.05) is 6.61 Å². The van der Waals surface area contributed by atoms with E-state index in [1.165, 1.54) is 0 Å². The minimum absolute atomic E-state index is 0.254. The minimum Gasteiger partial charge on any atom is -0.465 e. The molecule has 1 aliphatic heterocycles. The Hall–Kier alpha value is -1.91. The topological polar surface area (TPSA) is 68.3 Å². The standard InChI is InChI=1S/C12H14N2O3/c1-3-17-12(16)9-10-8(6-13-11(9)15)5-4-7(2)14-10/h4-5,9H,3,6H2,1-2H3,(H,13,15)/t9-/m1/s1. The highest BCUT2D eigenvalue weighted by atomic mass is 16.5. The van der Waals surface area contributed by atoms with E-state index in [0.717, 1.165) is 11.3 Å². The van der Waals surface area contributed by atoms with Gasteiger partial charge in [-0.3, -0.25) is 14.6 Å². The fourth-order valence-corrected chi connectivity index (χ4v) is 1.86. The summed E-state index contributed by atoms with van der Waals surface area (Å²) in [5, 5.41) is 2.67. The van der Waals surface area contributed by atoms with Crippen molar-refractivity contribution in [3.05, 3.63) is 29.1 Å². The molecule has 0 bridgehead atoms. The number of nitrogens with one attached hydrogen (secondary N) is 1. The summed E-state index contributed by atoms with van der Waals surface area (Å²) in [6, 6.07) is 3.74. The van der Waals surface area contributed by atoms with Crippen LogP contribution in [0, 0.1) is 6.92 Å². The van der Waals surface area contributed by atoms with Crippen molar-refractivity contribution in [3.63, 3.8) is 0 Å². The van der Waals surface area contributed by atoms with E-state index in [0.29, 0.717) is 12.2 Å². The van der Waals surface area contributed by atoms with Gasteiger partial charge in [0.25, 0.3) is 0 Å². The molecule has 5 heteroatoms. The molecule has 0 aliphatic carbocycles. The summed E-state index contributed by atoms with van der Waals surface area (Å²) in [5.41, 5.74) is 2.17. The molecule has 0 saturated carbocycles. The molecular formula is C12H14N2O3. The third kappa shape index (κ3) is 2.13. The van der Waals surface area contributed by atoms with Crippen LogP contribution < -0.4 is 5.32 Å². The number of aromatic nitrogens is 1. The molecule has 1 N–H and O–H groups in total. The molecule has 0 aromatic carbocycles. The quantitative estimate of drug-likeness (QED) is 0.603. The summed E-state index contributed by atoms with van der Waals surface area (Å²) in [7, 11) is 0. The lowest BCUT2D eigenvalue weighted by atomic mass is 9.95. The Morgan fingerprint density at radius 2 is 2.35 bits per heavy atom. The lowest BCUT2D eigenvalue weighted by Gasteiger charge is -2.23. The van der Waals surface area contributed by atoms with Crippen LogP contribution in [0.5, 0.6) is 0 Å². The first-order valence-electron chi connectivity index (χ1n) is 5.54. The van der Waals surface area contributed by atoms with Gasteiger partial charge in [0, 0.05) is 12.2 Å². The van der Waals surface area contributed by atoms with Crippen LogP contribution in [0.3, 0.4) is 0 Å². The van der Waals surface area contributed by atoms with E-state index in [9.17, 15) is 9.59 Å².